The highest BCUT2D eigenvalue weighted by molar-refractivity contribution is 5.23. The number of ether oxygens (including phenoxy) is 2. The molecule has 0 saturated carbocycles. The molecule has 0 aliphatic heterocycles. The van der Waals surface area contributed by atoms with Gasteiger partial charge in [-0.2, -0.15) is 0 Å². The molecule has 110 valence electrons. The molecular weight excluding hydrogens is 276 g/mol. The molecule has 2 aromatic heterocycles. The highest BCUT2D eigenvalue weighted by Gasteiger charge is 1.99. The third-order valence-electron chi connectivity index (χ3n) is 3.07. The zero-order chi connectivity index (χ0) is 15.0. The van der Waals surface area contributed by atoms with E-state index in [2.05, 4.69) is 9.97 Å². The third kappa shape index (κ3) is 4.06. The predicted octanol–water partition coefficient (Wildman–Crippen LogP) is 3.63. The van der Waals surface area contributed by atoms with Crippen molar-refractivity contribution in [3.8, 4) is 11.8 Å². The van der Waals surface area contributed by atoms with Gasteiger partial charge in [0.25, 0.3) is 0 Å². The Kier molecular flexibility index (Phi) is 4.62. The van der Waals surface area contributed by atoms with E-state index < -0.39 is 0 Å². The first-order valence-corrected chi connectivity index (χ1v) is 7.06. The highest BCUT2D eigenvalue weighted by atomic mass is 16.5. The van der Waals surface area contributed by atoms with Crippen molar-refractivity contribution in [2.45, 2.75) is 13.2 Å². The molecular formula is C18H16N2O2. The molecule has 0 aliphatic carbocycles. The van der Waals surface area contributed by atoms with Crippen LogP contribution in [-0.4, -0.2) is 9.97 Å². The van der Waals surface area contributed by atoms with Crippen molar-refractivity contribution < 1.29 is 9.47 Å². The second-order valence-corrected chi connectivity index (χ2v) is 4.73. The molecule has 0 aliphatic rings. The Morgan fingerprint density at radius 2 is 1.05 bits per heavy atom. The van der Waals surface area contributed by atoms with Crippen LogP contribution in [0.4, 0.5) is 0 Å². The molecule has 4 nitrogen and oxygen atoms in total. The van der Waals surface area contributed by atoms with Crippen LogP contribution in [0.3, 0.4) is 0 Å². The number of rotatable bonds is 6. The molecule has 2 heterocycles. The highest BCUT2D eigenvalue weighted by Crippen LogP contribution is 2.12. The monoisotopic (exact) mass is 292 g/mol. The van der Waals surface area contributed by atoms with Crippen LogP contribution in [0, 0.1) is 0 Å². The van der Waals surface area contributed by atoms with E-state index in [1.54, 1.807) is 12.4 Å². The van der Waals surface area contributed by atoms with E-state index in [0.29, 0.717) is 25.0 Å². The molecule has 22 heavy (non-hydrogen) atoms. The number of hydrogen-bond acceptors (Lipinski definition) is 4. The predicted molar refractivity (Wildman–Crippen MR) is 83.6 cm³/mol. The average Bonchev–Trinajstić information content (AvgIpc) is 2.61. The minimum atomic E-state index is 0.498. The van der Waals surface area contributed by atoms with Gasteiger partial charge in [-0.15, -0.1) is 0 Å². The molecule has 0 radical (unpaired) electrons. The molecule has 3 aromatic rings. The van der Waals surface area contributed by atoms with Gasteiger partial charge in [-0.05, 0) is 23.3 Å². The average molecular weight is 292 g/mol. The van der Waals surface area contributed by atoms with Crippen LogP contribution in [0.1, 0.15) is 11.1 Å². The van der Waals surface area contributed by atoms with Crippen molar-refractivity contribution >= 4 is 0 Å². The zero-order valence-electron chi connectivity index (χ0n) is 12.1. The van der Waals surface area contributed by atoms with E-state index in [0.717, 1.165) is 11.1 Å². The quantitative estimate of drug-likeness (QED) is 0.696. The molecule has 0 amide bonds. The number of pyridine rings is 2. The van der Waals surface area contributed by atoms with E-state index in [1.165, 1.54) is 0 Å². The molecule has 0 atom stereocenters. The van der Waals surface area contributed by atoms with Crippen LogP contribution in [-0.2, 0) is 13.2 Å². The molecule has 3 rings (SSSR count). The smallest absolute Gasteiger partial charge is 0.213 e. The summed E-state index contributed by atoms with van der Waals surface area (Å²) in [5.41, 5.74) is 2.18. The fourth-order valence-electron chi connectivity index (χ4n) is 1.91. The third-order valence-corrected chi connectivity index (χ3v) is 3.07. The molecule has 0 spiro atoms. The van der Waals surface area contributed by atoms with Crippen LogP contribution in [0.15, 0.2) is 73.1 Å². The summed E-state index contributed by atoms with van der Waals surface area (Å²) in [4.78, 5) is 8.25. The van der Waals surface area contributed by atoms with Gasteiger partial charge < -0.3 is 9.47 Å². The summed E-state index contributed by atoms with van der Waals surface area (Å²) in [7, 11) is 0. The minimum Gasteiger partial charge on any atom is -0.473 e. The second-order valence-electron chi connectivity index (χ2n) is 4.73. The summed E-state index contributed by atoms with van der Waals surface area (Å²) < 4.78 is 11.2. The number of aromatic nitrogens is 2. The maximum atomic E-state index is 5.61. The summed E-state index contributed by atoms with van der Waals surface area (Å²) >= 11 is 0. The Bertz CT molecular complexity index is 623. The van der Waals surface area contributed by atoms with Gasteiger partial charge in [-0.3, -0.25) is 0 Å². The Labute approximate surface area is 129 Å². The van der Waals surface area contributed by atoms with Gasteiger partial charge in [-0.1, -0.05) is 36.4 Å². The Balaban J connectivity index is 1.52. The normalized spacial score (nSPS) is 10.2. The lowest BCUT2D eigenvalue weighted by Gasteiger charge is -2.07. The largest absolute Gasteiger partial charge is 0.473 e. The van der Waals surface area contributed by atoms with Crippen LogP contribution in [0.2, 0.25) is 0 Å². The van der Waals surface area contributed by atoms with Crippen molar-refractivity contribution in [2.75, 3.05) is 0 Å². The zero-order valence-corrected chi connectivity index (χ0v) is 12.1. The van der Waals surface area contributed by atoms with Gasteiger partial charge in [0.05, 0.1) is 0 Å². The summed E-state index contributed by atoms with van der Waals surface area (Å²) in [5, 5.41) is 0. The maximum absolute atomic E-state index is 5.61. The summed E-state index contributed by atoms with van der Waals surface area (Å²) in [6.07, 6.45) is 3.43. The summed E-state index contributed by atoms with van der Waals surface area (Å²) in [5.74, 6) is 1.26. The van der Waals surface area contributed by atoms with Gasteiger partial charge in [0.1, 0.15) is 13.2 Å². The van der Waals surface area contributed by atoms with Gasteiger partial charge in [-0.25, -0.2) is 9.97 Å². The van der Waals surface area contributed by atoms with Crippen molar-refractivity contribution in [2.24, 2.45) is 0 Å². The van der Waals surface area contributed by atoms with E-state index in [-0.39, 0.29) is 0 Å². The van der Waals surface area contributed by atoms with Crippen LogP contribution < -0.4 is 9.47 Å². The molecule has 0 saturated heterocycles. The fourth-order valence-corrected chi connectivity index (χ4v) is 1.91. The topological polar surface area (TPSA) is 44.2 Å². The van der Waals surface area contributed by atoms with Gasteiger partial charge in [0.15, 0.2) is 0 Å². The number of hydrogen-bond donors (Lipinski definition) is 0. The Hall–Kier alpha value is -2.88. The van der Waals surface area contributed by atoms with Crippen LogP contribution in [0.25, 0.3) is 0 Å². The first kappa shape index (κ1) is 14.1. The van der Waals surface area contributed by atoms with Crippen LogP contribution >= 0.6 is 0 Å². The molecule has 0 bridgehead atoms. The van der Waals surface area contributed by atoms with E-state index in [9.17, 15) is 0 Å². The first-order chi connectivity index (χ1) is 10.9. The number of benzene rings is 1. The minimum absolute atomic E-state index is 0.498. The van der Waals surface area contributed by atoms with Gasteiger partial charge in [0.2, 0.25) is 11.8 Å². The van der Waals surface area contributed by atoms with Gasteiger partial charge >= 0.3 is 0 Å². The maximum Gasteiger partial charge on any atom is 0.213 e. The second kappa shape index (κ2) is 7.22. The van der Waals surface area contributed by atoms with Crippen molar-refractivity contribution in [1.29, 1.82) is 0 Å². The van der Waals surface area contributed by atoms with E-state index in [1.807, 2.05) is 60.7 Å². The van der Waals surface area contributed by atoms with Crippen molar-refractivity contribution in [3.05, 3.63) is 84.2 Å². The molecule has 4 heteroatoms. The number of nitrogens with zero attached hydrogens (tertiary/aromatic N) is 2. The standard InChI is InChI=1S/C18H16N2O2/c1-3-11-19-17(5-1)21-13-15-7-9-16(10-8-15)14-22-18-6-2-4-12-20-18/h1-12H,13-14H2. The Morgan fingerprint density at radius 1 is 0.591 bits per heavy atom. The first-order valence-electron chi connectivity index (χ1n) is 7.06. The molecule has 1 aromatic carbocycles. The molecule has 0 N–H and O–H groups in total. The lowest BCUT2D eigenvalue weighted by Crippen LogP contribution is -1.99. The summed E-state index contributed by atoms with van der Waals surface area (Å²) in [6, 6.07) is 19.3. The van der Waals surface area contributed by atoms with Crippen molar-refractivity contribution in [1.82, 2.24) is 9.97 Å². The van der Waals surface area contributed by atoms with Crippen molar-refractivity contribution in [3.63, 3.8) is 0 Å². The Morgan fingerprint density at radius 3 is 1.41 bits per heavy atom. The fraction of sp³-hybridized carbons (Fsp3) is 0.111. The van der Waals surface area contributed by atoms with E-state index in [4.69, 9.17) is 9.47 Å². The molecule has 0 fully saturated rings. The lowest BCUT2D eigenvalue weighted by atomic mass is 10.1. The lowest BCUT2D eigenvalue weighted by molar-refractivity contribution is 0.290. The molecule has 0 unspecified atom stereocenters. The van der Waals surface area contributed by atoms with E-state index >= 15 is 0 Å². The SMILES string of the molecule is c1ccc(OCc2ccc(COc3ccccn3)cc2)nc1. The van der Waals surface area contributed by atoms with Gasteiger partial charge in [0, 0.05) is 24.5 Å². The summed E-state index contributed by atoms with van der Waals surface area (Å²) in [6.45, 7) is 0.997. The van der Waals surface area contributed by atoms with Crippen LogP contribution in [0.5, 0.6) is 11.8 Å².